The summed E-state index contributed by atoms with van der Waals surface area (Å²) in [7, 11) is 0. The van der Waals surface area contributed by atoms with Gasteiger partial charge in [-0.1, -0.05) is 171 Å². The van der Waals surface area contributed by atoms with Gasteiger partial charge in [0.15, 0.2) is 0 Å². The van der Waals surface area contributed by atoms with E-state index in [1.165, 1.54) is 89.5 Å². The second-order valence-corrected chi connectivity index (χ2v) is 23.2. The topological polar surface area (TPSA) is 9.72 Å². The van der Waals surface area contributed by atoms with Crippen molar-refractivity contribution in [2.24, 2.45) is 0 Å². The summed E-state index contributed by atoms with van der Waals surface area (Å²) < 4.78 is 0. The Morgan fingerprint density at radius 1 is 0.435 bits per heavy atom. The van der Waals surface area contributed by atoms with Crippen LogP contribution in [0, 0.1) is 6.92 Å². The van der Waals surface area contributed by atoms with Gasteiger partial charge < -0.3 is 14.7 Å². The van der Waals surface area contributed by atoms with Crippen molar-refractivity contribution >= 4 is 74.3 Å². The molecule has 0 unspecified atom stereocenters. The molecular formula is C65H64BN3. The van der Waals surface area contributed by atoms with Crippen LogP contribution in [0.15, 0.2) is 176 Å². The highest BCUT2D eigenvalue weighted by Crippen LogP contribution is 2.56. The quantitative estimate of drug-likeness (QED) is 0.141. The third kappa shape index (κ3) is 6.92. The maximum absolute atomic E-state index is 2.69. The van der Waals surface area contributed by atoms with Crippen LogP contribution in [0.3, 0.4) is 0 Å². The minimum Gasteiger partial charge on any atom is -0.311 e. The third-order valence-electron chi connectivity index (χ3n) is 16.4. The summed E-state index contributed by atoms with van der Waals surface area (Å²) in [5, 5.41) is 0. The lowest BCUT2D eigenvalue weighted by Crippen LogP contribution is -2.62. The Morgan fingerprint density at radius 3 is 1.62 bits per heavy atom. The molecule has 4 aliphatic rings. The fourth-order valence-electron chi connectivity index (χ4n) is 13.9. The highest BCUT2D eigenvalue weighted by atomic mass is 15.2. The molecule has 0 radical (unpaired) electrons. The molecule has 69 heavy (non-hydrogen) atoms. The summed E-state index contributed by atoms with van der Waals surface area (Å²) in [6.07, 6.45) is 4.12. The van der Waals surface area contributed by atoms with E-state index in [-0.39, 0.29) is 28.4 Å². The number of rotatable bonds is 8. The van der Waals surface area contributed by atoms with Crippen LogP contribution >= 0.6 is 0 Å². The predicted molar refractivity (Wildman–Crippen MR) is 295 cm³/mol. The van der Waals surface area contributed by atoms with E-state index in [2.05, 4.69) is 253 Å². The highest BCUT2D eigenvalue weighted by Gasteiger charge is 2.49. The number of anilines is 9. The number of benzene rings is 8. The van der Waals surface area contributed by atoms with Crippen LogP contribution in [0.25, 0.3) is 0 Å². The summed E-state index contributed by atoms with van der Waals surface area (Å²) in [5.74, 6) is 0. The van der Waals surface area contributed by atoms with Crippen molar-refractivity contribution in [3.05, 3.63) is 215 Å². The van der Waals surface area contributed by atoms with Crippen molar-refractivity contribution in [1.29, 1.82) is 0 Å². The lowest BCUT2D eigenvalue weighted by atomic mass is 9.33. The van der Waals surface area contributed by atoms with Crippen LogP contribution in [0.4, 0.5) is 51.2 Å². The Kier molecular flexibility index (Phi) is 9.85. The van der Waals surface area contributed by atoms with E-state index >= 15 is 0 Å². The second-order valence-electron chi connectivity index (χ2n) is 23.2. The molecule has 0 fully saturated rings. The molecule has 0 aromatic heterocycles. The first-order valence-corrected chi connectivity index (χ1v) is 25.4. The van der Waals surface area contributed by atoms with Crippen LogP contribution in [0.2, 0.25) is 0 Å². The van der Waals surface area contributed by atoms with Gasteiger partial charge in [-0.05, 0) is 170 Å². The van der Waals surface area contributed by atoms with Crippen LogP contribution in [-0.2, 0) is 34.5 Å². The zero-order valence-corrected chi connectivity index (χ0v) is 42.0. The first-order valence-electron chi connectivity index (χ1n) is 25.4. The van der Waals surface area contributed by atoms with Gasteiger partial charge in [-0.15, -0.1) is 0 Å². The van der Waals surface area contributed by atoms with Crippen LogP contribution < -0.4 is 31.1 Å². The van der Waals surface area contributed by atoms with E-state index in [4.69, 9.17) is 0 Å². The standard InChI is InChI=1S/C65H64BN3/c1-43-22-19-20-31-56(43)69-59-38-49(67(46-26-15-11-16-27-46)47-28-17-12-18-29-47)37-58-60(59)66(54-30-21-25-45(61(54)69)33-32-44-23-13-10-14-24-44)55-39-52-53(65(8,9)42-64(52,6)7)40-57(55)68(58)48-34-35-50-51(36-48)63(4,5)41-62(50,2)3/h10-31,34-40H,32-33,41-42H2,1-9H3. The molecule has 0 amide bonds. The van der Waals surface area contributed by atoms with Gasteiger partial charge >= 0.3 is 0 Å². The number of fused-ring (bicyclic) bond motifs is 6. The first-order chi connectivity index (χ1) is 33.1. The number of para-hydroxylation sites is 4. The summed E-state index contributed by atoms with van der Waals surface area (Å²) >= 11 is 0. The first kappa shape index (κ1) is 43.5. The molecule has 0 saturated heterocycles. The molecule has 8 aromatic rings. The maximum Gasteiger partial charge on any atom is 0.252 e. The SMILES string of the molecule is Cc1ccccc1N1c2cc(N(c3ccccc3)c3ccccc3)cc3c2B(c2cc4c(cc2N3c2ccc3c(c2)C(C)(C)CC3(C)C)C(C)(C)CC4(C)C)c2cccc(CCc3ccccc3)c21. The monoisotopic (exact) mass is 898 g/mol. The molecule has 0 bridgehead atoms. The lowest BCUT2D eigenvalue weighted by Gasteiger charge is -2.46. The summed E-state index contributed by atoms with van der Waals surface area (Å²) in [6.45, 7) is 21.9. The highest BCUT2D eigenvalue weighted by molar-refractivity contribution is 7.00. The Bertz CT molecular complexity index is 3270. The van der Waals surface area contributed by atoms with Crippen LogP contribution in [-0.4, -0.2) is 6.71 Å². The number of nitrogens with zero attached hydrogens (tertiary/aromatic N) is 3. The molecule has 0 N–H and O–H groups in total. The second kappa shape index (κ2) is 15.6. The van der Waals surface area contributed by atoms with Crippen LogP contribution in [0.1, 0.15) is 107 Å². The molecule has 12 rings (SSSR count). The van der Waals surface area contributed by atoms with Crippen molar-refractivity contribution < 1.29 is 0 Å². The van der Waals surface area contributed by atoms with Crippen molar-refractivity contribution in [2.75, 3.05) is 14.7 Å². The average Bonchev–Trinajstić information content (AvgIpc) is 3.64. The van der Waals surface area contributed by atoms with Gasteiger partial charge in [0.2, 0.25) is 0 Å². The average molecular weight is 898 g/mol. The van der Waals surface area contributed by atoms with Crippen LogP contribution in [0.5, 0.6) is 0 Å². The fraction of sp³-hybridized carbons (Fsp3) is 0.262. The molecule has 0 atom stereocenters. The molecule has 3 nitrogen and oxygen atoms in total. The van der Waals surface area contributed by atoms with Crippen molar-refractivity contribution in [3.63, 3.8) is 0 Å². The summed E-state index contributed by atoms with van der Waals surface area (Å²) in [6, 6.07) is 67.0. The van der Waals surface area contributed by atoms with Crippen molar-refractivity contribution in [2.45, 2.75) is 110 Å². The predicted octanol–water partition coefficient (Wildman–Crippen LogP) is 15.3. The molecule has 8 aromatic carbocycles. The van der Waals surface area contributed by atoms with Gasteiger partial charge in [-0.2, -0.15) is 0 Å². The van der Waals surface area contributed by atoms with E-state index in [0.717, 1.165) is 42.7 Å². The van der Waals surface area contributed by atoms with Gasteiger partial charge in [-0.3, -0.25) is 0 Å². The number of aryl methyl sites for hydroxylation is 3. The molecule has 2 aliphatic heterocycles. The van der Waals surface area contributed by atoms with Crippen molar-refractivity contribution in [3.8, 4) is 0 Å². The molecule has 2 heterocycles. The molecule has 2 aliphatic carbocycles. The van der Waals surface area contributed by atoms with E-state index in [1.807, 2.05) is 0 Å². The number of hydrogen-bond acceptors (Lipinski definition) is 3. The Morgan fingerprint density at radius 2 is 0.986 bits per heavy atom. The van der Waals surface area contributed by atoms with Crippen molar-refractivity contribution in [1.82, 2.24) is 0 Å². The fourth-order valence-corrected chi connectivity index (χ4v) is 13.9. The minimum atomic E-state index is -0.00115. The lowest BCUT2D eigenvalue weighted by molar-refractivity contribution is 0.403. The minimum absolute atomic E-state index is 0.00115. The molecule has 0 saturated carbocycles. The van der Waals surface area contributed by atoms with E-state index in [0.29, 0.717) is 0 Å². The maximum atomic E-state index is 2.69. The van der Waals surface area contributed by atoms with E-state index in [1.54, 1.807) is 0 Å². The zero-order chi connectivity index (χ0) is 47.6. The Hall–Kier alpha value is -6.78. The summed E-state index contributed by atoms with van der Waals surface area (Å²) in [4.78, 5) is 7.82. The van der Waals surface area contributed by atoms with Gasteiger partial charge in [0, 0.05) is 45.5 Å². The Labute approximate surface area is 411 Å². The Balaban J connectivity index is 1.22. The van der Waals surface area contributed by atoms with Gasteiger partial charge in [0.1, 0.15) is 0 Å². The molecular weight excluding hydrogens is 834 g/mol. The van der Waals surface area contributed by atoms with Gasteiger partial charge in [0.25, 0.3) is 6.71 Å². The van der Waals surface area contributed by atoms with E-state index in [9.17, 15) is 0 Å². The van der Waals surface area contributed by atoms with Gasteiger partial charge in [-0.25, -0.2) is 0 Å². The van der Waals surface area contributed by atoms with E-state index < -0.39 is 0 Å². The zero-order valence-electron chi connectivity index (χ0n) is 42.0. The molecule has 4 heteroatoms. The third-order valence-corrected chi connectivity index (χ3v) is 16.4. The molecule has 342 valence electrons. The summed E-state index contributed by atoms with van der Waals surface area (Å²) in [5.41, 5.74) is 25.1. The largest absolute Gasteiger partial charge is 0.311 e. The smallest absolute Gasteiger partial charge is 0.252 e. The number of hydrogen-bond donors (Lipinski definition) is 0. The molecule has 0 spiro atoms. The van der Waals surface area contributed by atoms with Gasteiger partial charge in [0.05, 0.1) is 5.69 Å². The normalized spacial score (nSPS) is 17.1.